The van der Waals surface area contributed by atoms with Gasteiger partial charge in [-0.2, -0.15) is 4.98 Å². The molecule has 9 nitrogen and oxygen atoms in total. The maximum atomic E-state index is 5.78. The lowest BCUT2D eigenvalue weighted by molar-refractivity contribution is 0.0736. The summed E-state index contributed by atoms with van der Waals surface area (Å²) >= 11 is 0. The Morgan fingerprint density at radius 3 is 2.66 bits per heavy atom. The average Bonchev–Trinajstić information content (AvgIpc) is 3.37. The molecule has 186 valence electrons. The molecule has 0 bridgehead atoms. The van der Waals surface area contributed by atoms with E-state index < -0.39 is 0 Å². The Hall–Kier alpha value is -3.17. The van der Waals surface area contributed by atoms with Gasteiger partial charge in [0.05, 0.1) is 7.11 Å². The number of rotatable bonds is 6. The first kappa shape index (κ1) is 23.6. The van der Waals surface area contributed by atoms with Crippen molar-refractivity contribution in [3.05, 3.63) is 47.8 Å². The Kier molecular flexibility index (Phi) is 6.62. The van der Waals surface area contributed by atoms with Gasteiger partial charge in [0, 0.05) is 67.9 Å². The van der Waals surface area contributed by atoms with Crippen molar-refractivity contribution in [2.75, 3.05) is 63.7 Å². The van der Waals surface area contributed by atoms with Crippen molar-refractivity contribution in [2.45, 2.75) is 31.8 Å². The van der Waals surface area contributed by atoms with Crippen LogP contribution in [0.2, 0.25) is 0 Å². The minimum Gasteiger partial charge on any atom is -0.497 e. The molecule has 4 heterocycles. The van der Waals surface area contributed by atoms with Crippen LogP contribution in [-0.4, -0.2) is 79.5 Å². The molecule has 3 aromatic rings. The highest BCUT2D eigenvalue weighted by Crippen LogP contribution is 2.35. The Balaban J connectivity index is 1.31. The molecule has 9 heteroatoms. The summed E-state index contributed by atoms with van der Waals surface area (Å²) in [6, 6.07) is 10.9. The van der Waals surface area contributed by atoms with E-state index in [1.807, 2.05) is 32.3 Å². The monoisotopic (exact) mass is 477 g/mol. The number of aryl methyl sites for hydroxylation is 1. The van der Waals surface area contributed by atoms with Crippen LogP contribution in [0.5, 0.6) is 5.75 Å². The minimum absolute atomic E-state index is 0.0986. The Morgan fingerprint density at radius 1 is 1.09 bits per heavy atom. The third-order valence-electron chi connectivity index (χ3n) is 7.47. The van der Waals surface area contributed by atoms with E-state index in [1.165, 1.54) is 5.69 Å². The molecule has 0 aliphatic carbocycles. The minimum atomic E-state index is 0.0986. The first-order valence-corrected chi connectivity index (χ1v) is 12.3. The second-order valence-corrected chi connectivity index (χ2v) is 9.71. The molecule has 0 atom stereocenters. The number of likely N-dealkylation sites (N-methyl/N-ethyl adjacent to an activating group) is 1. The van der Waals surface area contributed by atoms with E-state index in [-0.39, 0.29) is 5.54 Å². The largest absolute Gasteiger partial charge is 0.497 e. The van der Waals surface area contributed by atoms with Gasteiger partial charge in [0.15, 0.2) is 0 Å². The second kappa shape index (κ2) is 9.83. The lowest BCUT2D eigenvalue weighted by atomic mass is 9.83. The van der Waals surface area contributed by atoms with Crippen LogP contribution >= 0.6 is 0 Å². The molecule has 1 spiro atoms. The van der Waals surface area contributed by atoms with Crippen molar-refractivity contribution in [3.63, 3.8) is 0 Å². The van der Waals surface area contributed by atoms with Gasteiger partial charge in [0.25, 0.3) is 0 Å². The van der Waals surface area contributed by atoms with Gasteiger partial charge in [-0.15, -0.1) is 0 Å². The molecule has 0 saturated carbocycles. The number of piperidine rings is 1. The van der Waals surface area contributed by atoms with Crippen LogP contribution in [0.15, 0.2) is 41.1 Å². The van der Waals surface area contributed by atoms with Crippen LogP contribution in [0.4, 0.5) is 11.7 Å². The quantitative estimate of drug-likeness (QED) is 0.576. The number of ether oxygens (including phenoxy) is 1. The van der Waals surface area contributed by atoms with E-state index in [1.54, 1.807) is 7.11 Å². The van der Waals surface area contributed by atoms with E-state index in [0.717, 1.165) is 74.7 Å². The predicted octanol–water partition coefficient (Wildman–Crippen LogP) is 2.96. The van der Waals surface area contributed by atoms with Gasteiger partial charge in [0.1, 0.15) is 5.75 Å². The summed E-state index contributed by atoms with van der Waals surface area (Å²) in [5.74, 6) is 1.38. The van der Waals surface area contributed by atoms with Crippen LogP contribution in [-0.2, 0) is 6.54 Å². The fourth-order valence-corrected chi connectivity index (χ4v) is 5.35. The SMILES string of the molecule is CNCc1cc(OC)cc(-c2noc(N3CCN(C)C4(CCN(c5ccnc(C)c5)CC4)C3)n2)c1. The summed E-state index contributed by atoms with van der Waals surface area (Å²) in [5, 5.41) is 7.50. The average molecular weight is 478 g/mol. The van der Waals surface area contributed by atoms with Gasteiger partial charge in [-0.1, -0.05) is 5.16 Å². The first-order valence-electron chi connectivity index (χ1n) is 12.3. The molecule has 2 aromatic heterocycles. The lowest BCUT2D eigenvalue weighted by Gasteiger charge is -2.53. The molecule has 1 N–H and O–H groups in total. The predicted molar refractivity (Wildman–Crippen MR) is 137 cm³/mol. The van der Waals surface area contributed by atoms with Gasteiger partial charge < -0.3 is 24.4 Å². The molecule has 1 aromatic carbocycles. The van der Waals surface area contributed by atoms with Gasteiger partial charge in [-0.05, 0) is 69.8 Å². The molecule has 5 rings (SSSR count). The molecule has 0 amide bonds. The van der Waals surface area contributed by atoms with Crippen molar-refractivity contribution in [3.8, 4) is 17.1 Å². The van der Waals surface area contributed by atoms with Crippen molar-refractivity contribution >= 4 is 11.7 Å². The van der Waals surface area contributed by atoms with Crippen LogP contribution in [0, 0.1) is 6.92 Å². The fourth-order valence-electron chi connectivity index (χ4n) is 5.35. The van der Waals surface area contributed by atoms with Gasteiger partial charge in [-0.25, -0.2) is 0 Å². The summed E-state index contributed by atoms with van der Waals surface area (Å²) in [6.45, 7) is 7.56. The molecular weight excluding hydrogens is 442 g/mol. The number of hydrogen-bond donors (Lipinski definition) is 1. The third kappa shape index (κ3) is 4.83. The normalized spacial score (nSPS) is 18.3. The zero-order valence-electron chi connectivity index (χ0n) is 21.1. The number of methoxy groups -OCH3 is 1. The number of nitrogens with one attached hydrogen (secondary N) is 1. The van der Waals surface area contributed by atoms with E-state index in [4.69, 9.17) is 14.2 Å². The Labute approximate surface area is 207 Å². The summed E-state index contributed by atoms with van der Waals surface area (Å²) in [5.41, 5.74) is 4.43. The first-order chi connectivity index (χ1) is 17.0. The molecule has 2 aliphatic rings. The molecular formula is C26H35N7O2. The highest BCUT2D eigenvalue weighted by molar-refractivity contribution is 5.60. The zero-order chi connectivity index (χ0) is 24.4. The van der Waals surface area contributed by atoms with E-state index in [0.29, 0.717) is 11.8 Å². The van der Waals surface area contributed by atoms with E-state index in [2.05, 4.69) is 55.4 Å². The van der Waals surface area contributed by atoms with Gasteiger partial charge in [0.2, 0.25) is 5.82 Å². The van der Waals surface area contributed by atoms with Crippen molar-refractivity contribution in [1.82, 2.24) is 25.3 Å². The summed E-state index contributed by atoms with van der Waals surface area (Å²) in [6.07, 6.45) is 4.08. The molecule has 2 saturated heterocycles. The Morgan fingerprint density at radius 2 is 1.91 bits per heavy atom. The maximum absolute atomic E-state index is 5.78. The van der Waals surface area contributed by atoms with Crippen molar-refractivity contribution < 1.29 is 9.26 Å². The smallest absolute Gasteiger partial charge is 0.324 e. The third-order valence-corrected chi connectivity index (χ3v) is 7.47. The summed E-state index contributed by atoms with van der Waals surface area (Å²) < 4.78 is 11.3. The second-order valence-electron chi connectivity index (χ2n) is 9.71. The molecule has 2 aliphatic heterocycles. The molecule has 0 unspecified atom stereocenters. The van der Waals surface area contributed by atoms with Crippen LogP contribution in [0.25, 0.3) is 11.4 Å². The Bertz CT molecular complexity index is 1160. The van der Waals surface area contributed by atoms with Crippen molar-refractivity contribution in [2.24, 2.45) is 0 Å². The van der Waals surface area contributed by atoms with Gasteiger partial charge >= 0.3 is 6.01 Å². The molecule has 2 fully saturated rings. The van der Waals surface area contributed by atoms with E-state index >= 15 is 0 Å². The molecule has 0 radical (unpaired) electrons. The highest BCUT2D eigenvalue weighted by Gasteiger charge is 2.43. The fraction of sp³-hybridized carbons (Fsp3) is 0.500. The standard InChI is InChI=1S/C26H35N7O2/c1-19-13-22(5-8-28-19)32-9-6-26(7-10-32)18-33(12-11-31(26)3)25-29-24(30-35-25)21-14-20(17-27-2)15-23(16-21)34-4/h5,8,13-16,27H,6-7,9-12,17-18H2,1-4H3. The maximum Gasteiger partial charge on any atom is 0.324 e. The number of pyridine rings is 1. The summed E-state index contributed by atoms with van der Waals surface area (Å²) in [4.78, 5) is 16.4. The summed E-state index contributed by atoms with van der Waals surface area (Å²) in [7, 11) is 5.86. The number of aromatic nitrogens is 3. The zero-order valence-corrected chi connectivity index (χ0v) is 21.1. The van der Waals surface area contributed by atoms with Crippen LogP contribution in [0.1, 0.15) is 24.1 Å². The van der Waals surface area contributed by atoms with Crippen molar-refractivity contribution in [1.29, 1.82) is 0 Å². The number of nitrogens with zero attached hydrogens (tertiary/aromatic N) is 6. The van der Waals surface area contributed by atoms with Gasteiger partial charge in [-0.3, -0.25) is 9.88 Å². The van der Waals surface area contributed by atoms with Crippen LogP contribution < -0.4 is 19.9 Å². The number of hydrogen-bond acceptors (Lipinski definition) is 9. The highest BCUT2D eigenvalue weighted by atomic mass is 16.5. The number of anilines is 2. The van der Waals surface area contributed by atoms with Crippen LogP contribution in [0.3, 0.4) is 0 Å². The van der Waals surface area contributed by atoms with E-state index in [9.17, 15) is 0 Å². The lowest BCUT2D eigenvalue weighted by Crippen LogP contribution is -2.64. The molecule has 35 heavy (non-hydrogen) atoms. The number of piperazine rings is 1. The number of benzene rings is 1. The topological polar surface area (TPSA) is 82.8 Å².